The van der Waals surface area contributed by atoms with E-state index >= 15 is 0 Å². The Bertz CT molecular complexity index is 439. The van der Waals surface area contributed by atoms with Crippen LogP contribution < -0.4 is 5.32 Å². The number of nitrogens with one attached hydrogen (secondary N) is 1. The molecule has 0 aliphatic carbocycles. The summed E-state index contributed by atoms with van der Waals surface area (Å²) < 4.78 is 37.3. The lowest BCUT2D eigenvalue weighted by atomic mass is 10.2. The van der Waals surface area contributed by atoms with Crippen molar-refractivity contribution in [1.82, 2.24) is 5.32 Å². The summed E-state index contributed by atoms with van der Waals surface area (Å²) in [5, 5.41) is 19.7. The Kier molecular flexibility index (Phi) is 6.60. The van der Waals surface area contributed by atoms with Gasteiger partial charge in [0.25, 0.3) is 0 Å². The first kappa shape index (κ1) is 17.4. The average Bonchev–Trinajstić information content (AvgIpc) is 2.83. The molecule has 1 aromatic carbocycles. The standard InChI is InChI=1S/C11H15NO2.C2HF3O2/c13-10-6-12-7-11(10)14-8-9-4-2-1-3-5-9;3-2(4,5)1(6)7/h1-5,10-13H,6-8H2;(H,6,7). The summed E-state index contributed by atoms with van der Waals surface area (Å²) in [6.07, 6.45) is -5.51. The van der Waals surface area contributed by atoms with Crippen LogP contribution in [0.15, 0.2) is 30.3 Å². The molecule has 1 saturated heterocycles. The van der Waals surface area contributed by atoms with Crippen LogP contribution in [0.25, 0.3) is 0 Å². The molecule has 2 unspecified atom stereocenters. The number of aliphatic hydroxyl groups excluding tert-OH is 1. The van der Waals surface area contributed by atoms with Crippen molar-refractivity contribution in [3.63, 3.8) is 0 Å². The third-order valence-electron chi connectivity index (χ3n) is 2.68. The molecule has 1 aromatic rings. The number of benzene rings is 1. The molecule has 118 valence electrons. The van der Waals surface area contributed by atoms with Crippen molar-refractivity contribution in [2.45, 2.75) is 25.0 Å². The van der Waals surface area contributed by atoms with Gasteiger partial charge in [-0.05, 0) is 5.56 Å². The molecular weight excluding hydrogens is 291 g/mol. The maximum absolute atomic E-state index is 10.6. The highest BCUT2D eigenvalue weighted by Gasteiger charge is 2.38. The monoisotopic (exact) mass is 307 g/mol. The first-order valence-corrected chi connectivity index (χ1v) is 6.15. The van der Waals surface area contributed by atoms with Gasteiger partial charge in [0.1, 0.15) is 0 Å². The minimum atomic E-state index is -5.08. The smallest absolute Gasteiger partial charge is 0.475 e. The lowest BCUT2D eigenvalue weighted by Crippen LogP contribution is -2.26. The molecule has 0 radical (unpaired) electrons. The average molecular weight is 307 g/mol. The number of rotatable bonds is 3. The zero-order valence-electron chi connectivity index (χ0n) is 11.0. The first-order valence-electron chi connectivity index (χ1n) is 6.15. The molecule has 0 spiro atoms. The van der Waals surface area contributed by atoms with Crippen molar-refractivity contribution in [2.75, 3.05) is 13.1 Å². The highest BCUT2D eigenvalue weighted by molar-refractivity contribution is 5.73. The normalized spacial score (nSPS) is 21.5. The third kappa shape index (κ3) is 6.56. The molecule has 0 aromatic heterocycles. The number of aliphatic hydroxyl groups is 1. The van der Waals surface area contributed by atoms with Gasteiger partial charge in [-0.15, -0.1) is 0 Å². The van der Waals surface area contributed by atoms with Gasteiger partial charge in [0.2, 0.25) is 0 Å². The number of aliphatic carboxylic acids is 1. The molecule has 21 heavy (non-hydrogen) atoms. The fraction of sp³-hybridized carbons (Fsp3) is 0.462. The fourth-order valence-electron chi connectivity index (χ4n) is 1.59. The zero-order valence-corrected chi connectivity index (χ0v) is 11.0. The number of carboxylic acids is 1. The van der Waals surface area contributed by atoms with Crippen LogP contribution in [0.4, 0.5) is 13.2 Å². The summed E-state index contributed by atoms with van der Waals surface area (Å²) in [6.45, 7) is 1.96. The molecule has 1 fully saturated rings. The maximum Gasteiger partial charge on any atom is 0.490 e. The van der Waals surface area contributed by atoms with Gasteiger partial charge in [-0.25, -0.2) is 4.79 Å². The van der Waals surface area contributed by atoms with E-state index in [-0.39, 0.29) is 12.2 Å². The van der Waals surface area contributed by atoms with Gasteiger partial charge < -0.3 is 20.3 Å². The quantitative estimate of drug-likeness (QED) is 0.781. The van der Waals surface area contributed by atoms with Crippen molar-refractivity contribution in [2.24, 2.45) is 0 Å². The van der Waals surface area contributed by atoms with Crippen molar-refractivity contribution >= 4 is 5.97 Å². The Morgan fingerprint density at radius 3 is 2.29 bits per heavy atom. The second-order valence-electron chi connectivity index (χ2n) is 4.36. The van der Waals surface area contributed by atoms with E-state index < -0.39 is 12.1 Å². The minimum Gasteiger partial charge on any atom is -0.475 e. The van der Waals surface area contributed by atoms with Crippen molar-refractivity contribution in [3.8, 4) is 0 Å². The predicted octanol–water partition coefficient (Wildman–Crippen LogP) is 1.17. The van der Waals surface area contributed by atoms with E-state index in [2.05, 4.69) is 5.32 Å². The van der Waals surface area contributed by atoms with E-state index in [0.717, 1.165) is 12.1 Å². The molecular formula is C13H16F3NO4. The summed E-state index contributed by atoms with van der Waals surface area (Å²) in [4.78, 5) is 8.90. The topological polar surface area (TPSA) is 78.8 Å². The van der Waals surface area contributed by atoms with Gasteiger partial charge in [0, 0.05) is 13.1 Å². The van der Waals surface area contributed by atoms with Crippen LogP contribution in [0.2, 0.25) is 0 Å². The van der Waals surface area contributed by atoms with Crippen LogP contribution in [0.3, 0.4) is 0 Å². The Balaban J connectivity index is 0.000000270. The molecule has 0 saturated carbocycles. The minimum absolute atomic E-state index is 0.0600. The molecule has 1 aliphatic rings. The van der Waals surface area contributed by atoms with Crippen LogP contribution in [-0.4, -0.2) is 47.7 Å². The molecule has 8 heteroatoms. The fourth-order valence-corrected chi connectivity index (χ4v) is 1.59. The number of halogens is 3. The Morgan fingerprint density at radius 2 is 1.86 bits per heavy atom. The zero-order chi connectivity index (χ0) is 15.9. The molecule has 5 nitrogen and oxygen atoms in total. The van der Waals surface area contributed by atoms with Crippen LogP contribution in [0, 0.1) is 0 Å². The van der Waals surface area contributed by atoms with Gasteiger partial charge in [-0.1, -0.05) is 30.3 Å². The molecule has 1 heterocycles. The third-order valence-corrected chi connectivity index (χ3v) is 2.68. The summed E-state index contributed by atoms with van der Waals surface area (Å²) in [6, 6.07) is 10.0. The highest BCUT2D eigenvalue weighted by Crippen LogP contribution is 2.13. The van der Waals surface area contributed by atoms with Crippen LogP contribution in [0.1, 0.15) is 5.56 Å². The number of ether oxygens (including phenoxy) is 1. The lowest BCUT2D eigenvalue weighted by molar-refractivity contribution is -0.192. The molecule has 1 aliphatic heterocycles. The van der Waals surface area contributed by atoms with E-state index in [0.29, 0.717) is 13.2 Å². The summed E-state index contributed by atoms with van der Waals surface area (Å²) in [5.74, 6) is -2.76. The van der Waals surface area contributed by atoms with Crippen molar-refractivity contribution in [3.05, 3.63) is 35.9 Å². The molecule has 0 bridgehead atoms. The summed E-state index contributed by atoms with van der Waals surface area (Å²) >= 11 is 0. The van der Waals surface area contributed by atoms with Gasteiger partial charge in [-0.2, -0.15) is 13.2 Å². The second kappa shape index (κ2) is 7.96. The number of carbonyl (C=O) groups is 1. The molecule has 2 atom stereocenters. The van der Waals surface area contributed by atoms with E-state index in [4.69, 9.17) is 14.6 Å². The molecule has 0 amide bonds. The van der Waals surface area contributed by atoms with Crippen LogP contribution >= 0.6 is 0 Å². The SMILES string of the molecule is O=C(O)C(F)(F)F.OC1CNCC1OCc1ccccc1. The number of carboxylic acid groups (broad SMARTS) is 1. The molecule has 2 rings (SSSR count). The lowest BCUT2D eigenvalue weighted by Gasteiger charge is -2.14. The van der Waals surface area contributed by atoms with E-state index in [9.17, 15) is 18.3 Å². The number of hydrogen-bond donors (Lipinski definition) is 3. The highest BCUT2D eigenvalue weighted by atomic mass is 19.4. The van der Waals surface area contributed by atoms with E-state index in [1.807, 2.05) is 30.3 Å². The van der Waals surface area contributed by atoms with Gasteiger partial charge in [0.15, 0.2) is 0 Å². The second-order valence-corrected chi connectivity index (χ2v) is 4.36. The number of hydrogen-bond acceptors (Lipinski definition) is 4. The summed E-state index contributed by atoms with van der Waals surface area (Å²) in [7, 11) is 0. The largest absolute Gasteiger partial charge is 0.490 e. The molecule has 3 N–H and O–H groups in total. The Hall–Kier alpha value is -1.64. The number of alkyl halides is 3. The van der Waals surface area contributed by atoms with Gasteiger partial charge in [-0.3, -0.25) is 0 Å². The Morgan fingerprint density at radius 1 is 1.29 bits per heavy atom. The predicted molar refractivity (Wildman–Crippen MR) is 67.6 cm³/mol. The van der Waals surface area contributed by atoms with Crippen LogP contribution in [0.5, 0.6) is 0 Å². The number of β-amino-alcohol motifs (C(OH)–C–C–N with tert-alkyl or cyclic N) is 1. The van der Waals surface area contributed by atoms with E-state index in [1.165, 1.54) is 0 Å². The van der Waals surface area contributed by atoms with Gasteiger partial charge >= 0.3 is 12.1 Å². The van der Waals surface area contributed by atoms with Gasteiger partial charge in [0.05, 0.1) is 18.8 Å². The van der Waals surface area contributed by atoms with E-state index in [1.54, 1.807) is 0 Å². The summed E-state index contributed by atoms with van der Waals surface area (Å²) in [5.41, 5.74) is 1.15. The Labute approximate surface area is 119 Å². The first-order chi connectivity index (χ1) is 9.80. The van der Waals surface area contributed by atoms with Crippen molar-refractivity contribution < 1.29 is 32.9 Å². The maximum atomic E-state index is 10.6. The van der Waals surface area contributed by atoms with Crippen molar-refractivity contribution in [1.29, 1.82) is 0 Å². The van der Waals surface area contributed by atoms with Crippen LogP contribution in [-0.2, 0) is 16.1 Å².